The molecule has 0 bridgehead atoms. The van der Waals surface area contributed by atoms with E-state index >= 15 is 0 Å². The summed E-state index contributed by atoms with van der Waals surface area (Å²) in [7, 11) is -3.53. The van der Waals surface area contributed by atoms with Crippen molar-refractivity contribution in [3.8, 4) is 0 Å². The third-order valence-electron chi connectivity index (χ3n) is 1.56. The fourth-order valence-electron chi connectivity index (χ4n) is 0.963. The molecule has 0 aromatic heterocycles. The Bertz CT molecular complexity index is 454. The van der Waals surface area contributed by atoms with Crippen molar-refractivity contribution in [1.82, 2.24) is 0 Å². The molecule has 0 spiro atoms. The van der Waals surface area contributed by atoms with Crippen molar-refractivity contribution < 1.29 is 41.4 Å². The van der Waals surface area contributed by atoms with Gasteiger partial charge in [0.25, 0.3) is 0 Å². The maximum Gasteiger partial charge on any atom is 1.00 e. The average molecular weight is 222 g/mol. The van der Waals surface area contributed by atoms with Gasteiger partial charge in [-0.05, 0) is 12.1 Å². The minimum absolute atomic E-state index is 0. The molecule has 0 fully saturated rings. The number of carbonyl (C=O) groups is 1. The van der Waals surface area contributed by atoms with E-state index < -0.39 is 21.0 Å². The van der Waals surface area contributed by atoms with Gasteiger partial charge >= 0.3 is 24.8 Å². The number of hydrogen-bond donors (Lipinski definition) is 0. The predicted molar refractivity (Wildman–Crippen MR) is 45.7 cm³/mol. The minimum atomic E-state index is -4.64. The van der Waals surface area contributed by atoms with E-state index in [1.165, 1.54) is 18.2 Å². The first-order chi connectivity index (χ1) is 6.46. The van der Waals surface area contributed by atoms with Gasteiger partial charge in [-0.25, -0.2) is 13.2 Å². The summed E-state index contributed by atoms with van der Waals surface area (Å²) in [6.45, 7) is 0. The van der Waals surface area contributed by atoms with Crippen molar-refractivity contribution in [2.24, 2.45) is 0 Å². The molecule has 0 atom stereocenters. The fraction of sp³-hybridized carbons (Fsp3) is 0.125. The van der Waals surface area contributed by atoms with Crippen LogP contribution in [0.3, 0.4) is 0 Å². The third kappa shape index (κ3) is 3.36. The van der Waals surface area contributed by atoms with Gasteiger partial charge in [0.05, 0.1) is 17.6 Å². The Kier molecular flexibility index (Phi) is 5.04. The Morgan fingerprint density at radius 1 is 1.33 bits per heavy atom. The molecule has 0 amide bonds. The van der Waals surface area contributed by atoms with Crippen LogP contribution in [0.1, 0.15) is 10.4 Å². The number of ether oxygens (including phenoxy) is 1. The maximum atomic E-state index is 11.1. The van der Waals surface area contributed by atoms with Crippen LogP contribution in [0, 0.1) is 0 Å². The van der Waals surface area contributed by atoms with E-state index in [0.29, 0.717) is 0 Å². The van der Waals surface area contributed by atoms with Gasteiger partial charge in [-0.3, -0.25) is 0 Å². The largest absolute Gasteiger partial charge is 1.00 e. The van der Waals surface area contributed by atoms with Crippen LogP contribution in [0.5, 0.6) is 0 Å². The summed E-state index contributed by atoms with van der Waals surface area (Å²) in [6, 6.07) is 5.09. The van der Waals surface area contributed by atoms with Gasteiger partial charge < -0.3 is 9.29 Å². The van der Waals surface area contributed by atoms with E-state index in [9.17, 15) is 17.8 Å². The molecular formula is C8H7LiO5S. The molecule has 0 saturated carbocycles. The summed E-state index contributed by atoms with van der Waals surface area (Å²) >= 11 is 0. The Morgan fingerprint density at radius 2 is 1.87 bits per heavy atom. The number of hydrogen-bond acceptors (Lipinski definition) is 5. The first-order valence-electron chi connectivity index (χ1n) is 3.60. The van der Waals surface area contributed by atoms with Crippen molar-refractivity contribution in [2.45, 2.75) is 4.90 Å². The van der Waals surface area contributed by atoms with Gasteiger partial charge in [-0.1, -0.05) is 12.1 Å². The first-order valence-corrected chi connectivity index (χ1v) is 5.01. The quantitative estimate of drug-likeness (QED) is 0.311. The summed E-state index contributed by atoms with van der Waals surface area (Å²) in [6.07, 6.45) is 0. The van der Waals surface area contributed by atoms with Crippen LogP contribution in [0.15, 0.2) is 29.2 Å². The Labute approximate surface area is 99.4 Å². The Morgan fingerprint density at radius 3 is 2.33 bits per heavy atom. The zero-order chi connectivity index (χ0) is 10.8. The molecule has 76 valence electrons. The van der Waals surface area contributed by atoms with Crippen LogP contribution >= 0.6 is 0 Å². The molecule has 0 aliphatic carbocycles. The molecule has 1 aromatic rings. The van der Waals surface area contributed by atoms with Gasteiger partial charge in [-0.15, -0.1) is 0 Å². The second-order valence-electron chi connectivity index (χ2n) is 2.44. The zero-order valence-electron chi connectivity index (χ0n) is 8.26. The van der Waals surface area contributed by atoms with E-state index in [4.69, 9.17) is 0 Å². The topological polar surface area (TPSA) is 83.5 Å². The molecule has 0 unspecified atom stereocenters. The first kappa shape index (κ1) is 14.2. The molecule has 0 radical (unpaired) electrons. The van der Waals surface area contributed by atoms with Crippen molar-refractivity contribution in [2.75, 3.05) is 7.11 Å². The standard InChI is InChI=1S/C8H8O5S.Li/c1-13-8(9)6-4-2-3-5-7(6)14(10,11)12;/h2-5H,1H3,(H,10,11,12);/q;+1/p-1. The zero-order valence-corrected chi connectivity index (χ0v) is 9.08. The molecule has 7 heteroatoms. The summed E-state index contributed by atoms with van der Waals surface area (Å²) in [5.41, 5.74) is -0.245. The van der Waals surface area contributed by atoms with Gasteiger partial charge in [-0.2, -0.15) is 0 Å². The van der Waals surface area contributed by atoms with Crippen LogP contribution in [0.2, 0.25) is 0 Å². The maximum absolute atomic E-state index is 11.1. The van der Waals surface area contributed by atoms with Gasteiger partial charge in [0, 0.05) is 0 Å². The molecule has 0 aliphatic rings. The predicted octanol–water partition coefficient (Wildman–Crippen LogP) is -2.62. The fourth-order valence-corrected chi connectivity index (χ4v) is 1.63. The van der Waals surface area contributed by atoms with Gasteiger partial charge in [0.15, 0.2) is 0 Å². The molecule has 1 rings (SSSR count). The van der Waals surface area contributed by atoms with Crippen LogP contribution < -0.4 is 18.9 Å². The van der Waals surface area contributed by atoms with E-state index in [2.05, 4.69) is 4.74 Å². The number of methoxy groups -OCH3 is 1. The summed E-state index contributed by atoms with van der Waals surface area (Å²) < 4.78 is 36.5. The molecular weight excluding hydrogens is 215 g/mol. The minimum Gasteiger partial charge on any atom is -0.744 e. The van der Waals surface area contributed by atoms with E-state index in [1.54, 1.807) is 0 Å². The molecule has 1 aromatic carbocycles. The number of rotatable bonds is 2. The summed E-state index contributed by atoms with van der Waals surface area (Å²) in [4.78, 5) is 10.5. The average Bonchev–Trinajstić information content (AvgIpc) is 2.15. The number of carbonyl (C=O) groups excluding carboxylic acids is 1. The van der Waals surface area contributed by atoms with Crippen LogP contribution in [-0.4, -0.2) is 26.0 Å². The summed E-state index contributed by atoms with van der Waals surface area (Å²) in [5, 5.41) is 0. The van der Waals surface area contributed by atoms with Gasteiger partial charge in [0.2, 0.25) is 0 Å². The molecule has 0 aliphatic heterocycles. The van der Waals surface area contributed by atoms with E-state index in [1.807, 2.05) is 0 Å². The molecule has 5 nitrogen and oxygen atoms in total. The number of esters is 1. The molecule has 0 saturated heterocycles. The van der Waals surface area contributed by atoms with Crippen LogP contribution in [0.4, 0.5) is 0 Å². The third-order valence-corrected chi connectivity index (χ3v) is 2.46. The van der Waals surface area contributed by atoms with Crippen molar-refractivity contribution >= 4 is 16.1 Å². The monoisotopic (exact) mass is 222 g/mol. The van der Waals surface area contributed by atoms with E-state index in [0.717, 1.165) is 13.2 Å². The Hall–Kier alpha value is -0.803. The van der Waals surface area contributed by atoms with Crippen molar-refractivity contribution in [3.05, 3.63) is 29.8 Å². The van der Waals surface area contributed by atoms with E-state index in [-0.39, 0.29) is 24.4 Å². The molecule has 15 heavy (non-hydrogen) atoms. The molecule has 0 heterocycles. The smallest absolute Gasteiger partial charge is 0.744 e. The Balaban J connectivity index is 0.00000196. The van der Waals surface area contributed by atoms with Crippen LogP contribution in [-0.2, 0) is 14.9 Å². The van der Waals surface area contributed by atoms with Crippen molar-refractivity contribution in [1.29, 1.82) is 0 Å². The van der Waals surface area contributed by atoms with Gasteiger partial charge in [0.1, 0.15) is 10.1 Å². The normalized spacial score (nSPS) is 10.3. The summed E-state index contributed by atoms with van der Waals surface area (Å²) in [5.74, 6) is -0.847. The SMILES string of the molecule is COC(=O)c1ccccc1S(=O)(=O)[O-].[Li+]. The van der Waals surface area contributed by atoms with Crippen LogP contribution in [0.25, 0.3) is 0 Å². The van der Waals surface area contributed by atoms with Crippen molar-refractivity contribution in [3.63, 3.8) is 0 Å². The number of benzene rings is 1. The second-order valence-corrected chi connectivity index (χ2v) is 3.79. The molecule has 0 N–H and O–H groups in total. The second kappa shape index (κ2) is 5.33.